The number of pyridine rings is 1. The van der Waals surface area contributed by atoms with Gasteiger partial charge in [-0.1, -0.05) is 12.8 Å². The lowest BCUT2D eigenvalue weighted by Crippen LogP contribution is -2.27. The first-order chi connectivity index (χ1) is 14.6. The molecule has 0 bridgehead atoms. The monoisotopic (exact) mass is 414 g/mol. The Balaban J connectivity index is 1.57. The second-order valence-electron chi connectivity index (χ2n) is 6.48. The van der Waals surface area contributed by atoms with E-state index in [0.29, 0.717) is 42.9 Å². The Hall–Kier alpha value is -3.69. The number of methoxy groups -OCH3 is 1. The maximum Gasteiger partial charge on any atom is 0.405 e. The third-order valence-electron chi connectivity index (χ3n) is 4.42. The first-order valence-corrected chi connectivity index (χ1v) is 9.45. The Kier molecular flexibility index (Phi) is 7.14. The molecule has 0 fully saturated rings. The highest BCUT2D eigenvalue weighted by Crippen LogP contribution is 2.30. The minimum atomic E-state index is -1.17. The van der Waals surface area contributed by atoms with Crippen molar-refractivity contribution in [1.82, 2.24) is 20.3 Å². The van der Waals surface area contributed by atoms with Crippen LogP contribution in [0.4, 0.5) is 4.79 Å². The quantitative estimate of drug-likeness (QED) is 0.353. The molecule has 0 aliphatic carbocycles. The molecule has 2 N–H and O–H groups in total. The van der Waals surface area contributed by atoms with Crippen LogP contribution in [0.25, 0.3) is 11.3 Å². The summed E-state index contributed by atoms with van der Waals surface area (Å²) in [4.78, 5) is 35.3. The van der Waals surface area contributed by atoms with Gasteiger partial charge in [-0.05, 0) is 25.0 Å². The molecule has 0 aliphatic rings. The molecule has 10 heteroatoms. The number of ether oxygens (including phenoxy) is 1. The summed E-state index contributed by atoms with van der Waals surface area (Å²) >= 11 is 0. The number of amides is 1. The average molecular weight is 414 g/mol. The average Bonchev–Trinajstić information content (AvgIpc) is 3.44. The Morgan fingerprint density at radius 2 is 2.07 bits per heavy atom. The first kappa shape index (κ1) is 21.0. The summed E-state index contributed by atoms with van der Waals surface area (Å²) in [6.07, 6.45) is 7.59. The van der Waals surface area contributed by atoms with Gasteiger partial charge in [0.25, 0.3) is 5.89 Å². The fourth-order valence-electron chi connectivity index (χ4n) is 3.00. The molecule has 3 aromatic heterocycles. The molecule has 0 spiro atoms. The van der Waals surface area contributed by atoms with E-state index in [1.54, 1.807) is 18.3 Å². The van der Waals surface area contributed by atoms with Gasteiger partial charge >= 0.3 is 6.09 Å². The number of rotatable bonds is 11. The second kappa shape index (κ2) is 10.2. The molecule has 3 rings (SSSR count). The maximum atomic E-state index is 11.9. The summed E-state index contributed by atoms with van der Waals surface area (Å²) in [5.74, 6) is 1.04. The van der Waals surface area contributed by atoms with Crippen LogP contribution >= 0.6 is 0 Å². The number of hydrogen-bond acceptors (Lipinski definition) is 8. The zero-order chi connectivity index (χ0) is 21.3. The fourth-order valence-corrected chi connectivity index (χ4v) is 3.00. The molecule has 158 valence electrons. The Morgan fingerprint density at radius 3 is 2.80 bits per heavy atom. The molecule has 10 nitrogen and oxygen atoms in total. The number of carboxylic acid groups (broad SMARTS) is 1. The number of nitrogens with zero attached hydrogens (tertiary/aromatic N) is 3. The lowest BCUT2D eigenvalue weighted by Gasteiger charge is -2.13. The van der Waals surface area contributed by atoms with Crippen molar-refractivity contribution in [2.45, 2.75) is 38.1 Å². The number of Topliss-reactive ketones (excluding diaryl/α,β-unsaturated/α-hetero) is 1. The van der Waals surface area contributed by atoms with E-state index in [1.165, 1.54) is 25.8 Å². The smallest absolute Gasteiger partial charge is 0.405 e. The molecule has 0 saturated heterocycles. The van der Waals surface area contributed by atoms with E-state index in [0.717, 1.165) is 6.42 Å². The van der Waals surface area contributed by atoms with Gasteiger partial charge in [-0.3, -0.25) is 4.79 Å². The van der Waals surface area contributed by atoms with Crippen LogP contribution < -0.4 is 10.1 Å². The number of ketones is 1. The summed E-state index contributed by atoms with van der Waals surface area (Å²) in [5.41, 5.74) is 0.623. The maximum absolute atomic E-state index is 11.9. The van der Waals surface area contributed by atoms with Crippen molar-refractivity contribution in [3.63, 3.8) is 0 Å². The van der Waals surface area contributed by atoms with Crippen LogP contribution in [0, 0.1) is 0 Å². The number of hydrogen-bond donors (Lipinski definition) is 2. The van der Waals surface area contributed by atoms with Crippen LogP contribution in [-0.4, -0.2) is 39.0 Å². The van der Waals surface area contributed by atoms with E-state index in [2.05, 4.69) is 20.3 Å². The third kappa shape index (κ3) is 5.43. The van der Waals surface area contributed by atoms with Gasteiger partial charge in [0.2, 0.25) is 17.6 Å². The minimum absolute atomic E-state index is 0.110. The molecule has 1 unspecified atom stereocenters. The number of carbonyl (C=O) groups excluding carboxylic acids is 1. The lowest BCUT2D eigenvalue weighted by atomic mass is 10.1. The molecule has 1 amide bonds. The highest BCUT2D eigenvalue weighted by molar-refractivity contribution is 5.91. The van der Waals surface area contributed by atoms with Crippen LogP contribution in [0.15, 0.2) is 45.8 Å². The number of unbranched alkanes of at least 4 members (excludes halogenated alkanes) is 2. The van der Waals surface area contributed by atoms with Crippen LogP contribution in [0.1, 0.15) is 54.7 Å². The number of carbonyl (C=O) groups is 2. The molecule has 0 saturated carbocycles. The third-order valence-corrected chi connectivity index (χ3v) is 4.42. The molecular formula is C20H22N4O6. The zero-order valence-electron chi connectivity index (χ0n) is 16.4. The van der Waals surface area contributed by atoms with Gasteiger partial charge in [0.15, 0.2) is 5.76 Å². The number of aromatic nitrogens is 3. The Bertz CT molecular complexity index is 969. The first-order valence-electron chi connectivity index (χ1n) is 9.45. The van der Waals surface area contributed by atoms with Gasteiger partial charge in [0.05, 0.1) is 25.1 Å². The fraction of sp³-hybridized carbons (Fsp3) is 0.350. The van der Waals surface area contributed by atoms with Crippen molar-refractivity contribution < 1.29 is 28.3 Å². The topological polar surface area (TPSA) is 141 Å². The van der Waals surface area contributed by atoms with Crippen molar-refractivity contribution in [2.24, 2.45) is 0 Å². The van der Waals surface area contributed by atoms with E-state index < -0.39 is 12.1 Å². The molecule has 0 aliphatic heterocycles. The van der Waals surface area contributed by atoms with Crippen molar-refractivity contribution in [2.75, 3.05) is 7.11 Å². The van der Waals surface area contributed by atoms with Gasteiger partial charge in [0.1, 0.15) is 12.3 Å². The Labute approximate surface area is 172 Å². The molecule has 1 atom stereocenters. The van der Waals surface area contributed by atoms with Crippen LogP contribution in [-0.2, 0) is 0 Å². The van der Waals surface area contributed by atoms with Crippen LogP contribution in [0.3, 0.4) is 0 Å². The van der Waals surface area contributed by atoms with Crippen molar-refractivity contribution in [3.05, 3.63) is 48.8 Å². The number of oxazole rings is 2. The second-order valence-corrected chi connectivity index (χ2v) is 6.48. The summed E-state index contributed by atoms with van der Waals surface area (Å²) < 4.78 is 16.0. The van der Waals surface area contributed by atoms with E-state index in [4.69, 9.17) is 18.7 Å². The zero-order valence-corrected chi connectivity index (χ0v) is 16.4. The largest absolute Gasteiger partial charge is 0.480 e. The molecule has 30 heavy (non-hydrogen) atoms. The van der Waals surface area contributed by atoms with Crippen molar-refractivity contribution >= 4 is 11.9 Å². The standard InChI is InChI=1S/C20H22N4O6/c1-28-17-13(6-5-9-21-17)16-12-23-18(30-16)14(24-20(26)27)7-3-2-4-8-15(25)19-22-10-11-29-19/h5-6,9-12,14,24H,2-4,7-8H2,1H3,(H,26,27). The minimum Gasteiger partial charge on any atom is -0.480 e. The van der Waals surface area contributed by atoms with Crippen LogP contribution in [0.2, 0.25) is 0 Å². The lowest BCUT2D eigenvalue weighted by molar-refractivity contribution is 0.0945. The van der Waals surface area contributed by atoms with Crippen molar-refractivity contribution in [1.29, 1.82) is 0 Å². The summed E-state index contributed by atoms with van der Waals surface area (Å²) in [6.45, 7) is 0. The number of nitrogens with one attached hydrogen (secondary N) is 1. The highest BCUT2D eigenvalue weighted by atomic mass is 16.5. The summed E-state index contributed by atoms with van der Waals surface area (Å²) in [7, 11) is 1.50. The van der Waals surface area contributed by atoms with Gasteiger partial charge in [0, 0.05) is 12.6 Å². The molecule has 3 heterocycles. The molecule has 0 radical (unpaired) electrons. The SMILES string of the molecule is COc1ncccc1-c1cnc(C(CCCCCC(=O)c2ncco2)NC(=O)O)o1. The summed E-state index contributed by atoms with van der Waals surface area (Å²) in [6, 6.07) is 2.91. The highest BCUT2D eigenvalue weighted by Gasteiger charge is 2.21. The normalized spacial score (nSPS) is 11.8. The molecular weight excluding hydrogens is 392 g/mol. The van der Waals surface area contributed by atoms with E-state index in [-0.39, 0.29) is 17.6 Å². The van der Waals surface area contributed by atoms with Gasteiger partial charge in [-0.2, -0.15) is 0 Å². The van der Waals surface area contributed by atoms with Gasteiger partial charge in [-0.15, -0.1) is 0 Å². The predicted octanol–water partition coefficient (Wildman–Crippen LogP) is 3.88. The van der Waals surface area contributed by atoms with Gasteiger partial charge in [-0.25, -0.2) is 19.7 Å². The van der Waals surface area contributed by atoms with Gasteiger partial charge < -0.3 is 24.0 Å². The van der Waals surface area contributed by atoms with Crippen LogP contribution in [0.5, 0.6) is 5.88 Å². The van der Waals surface area contributed by atoms with Crippen molar-refractivity contribution in [3.8, 4) is 17.2 Å². The predicted molar refractivity (Wildman–Crippen MR) is 104 cm³/mol. The summed E-state index contributed by atoms with van der Waals surface area (Å²) in [5, 5.41) is 11.6. The van der Waals surface area contributed by atoms with E-state index >= 15 is 0 Å². The Morgan fingerprint density at radius 1 is 1.20 bits per heavy atom. The molecule has 0 aromatic carbocycles. The molecule has 3 aromatic rings. The van der Waals surface area contributed by atoms with E-state index in [9.17, 15) is 9.59 Å². The van der Waals surface area contributed by atoms with E-state index in [1.807, 2.05) is 0 Å².